The zero-order valence-corrected chi connectivity index (χ0v) is 16.3. The number of nitrogens with one attached hydrogen (secondary N) is 2. The van der Waals surface area contributed by atoms with Gasteiger partial charge < -0.3 is 14.9 Å². The van der Waals surface area contributed by atoms with Crippen molar-refractivity contribution in [3.63, 3.8) is 0 Å². The monoisotopic (exact) mass is 405 g/mol. The van der Waals surface area contributed by atoms with Gasteiger partial charge in [-0.2, -0.15) is 5.10 Å². The number of aromatic nitrogens is 1. The highest BCUT2D eigenvalue weighted by Crippen LogP contribution is 2.16. The van der Waals surface area contributed by atoms with Crippen molar-refractivity contribution < 1.29 is 23.1 Å². The topological polar surface area (TPSA) is 135 Å². The number of H-pyrrole nitrogens is 1. The fraction of sp³-hybridized carbons (Fsp3) is 0.278. The van der Waals surface area contributed by atoms with Crippen LogP contribution < -0.4 is 10.5 Å². The van der Waals surface area contributed by atoms with Crippen LogP contribution in [0.4, 0.5) is 0 Å². The van der Waals surface area contributed by atoms with Gasteiger partial charge in [-0.25, -0.2) is 18.1 Å². The number of aromatic amines is 1. The van der Waals surface area contributed by atoms with Gasteiger partial charge in [0.15, 0.2) is 0 Å². The van der Waals surface area contributed by atoms with Crippen LogP contribution in [-0.4, -0.2) is 48.9 Å². The van der Waals surface area contributed by atoms with E-state index in [4.69, 9.17) is 0 Å². The van der Waals surface area contributed by atoms with E-state index in [1.54, 1.807) is 37.4 Å². The van der Waals surface area contributed by atoms with Crippen LogP contribution in [0.3, 0.4) is 0 Å². The number of benzene rings is 1. The van der Waals surface area contributed by atoms with E-state index in [9.17, 15) is 23.1 Å². The van der Waals surface area contributed by atoms with Crippen molar-refractivity contribution in [2.75, 3.05) is 13.6 Å². The van der Waals surface area contributed by atoms with Crippen LogP contribution in [0.2, 0.25) is 0 Å². The average Bonchev–Trinajstić information content (AvgIpc) is 3.20. The van der Waals surface area contributed by atoms with Crippen LogP contribution >= 0.6 is 0 Å². The van der Waals surface area contributed by atoms with Gasteiger partial charge >= 0.3 is 0 Å². The molecule has 0 saturated carbocycles. The van der Waals surface area contributed by atoms with Gasteiger partial charge in [-0.1, -0.05) is 12.1 Å². The van der Waals surface area contributed by atoms with Gasteiger partial charge in [0.2, 0.25) is 10.0 Å². The molecule has 9 nitrogen and oxygen atoms in total. The summed E-state index contributed by atoms with van der Waals surface area (Å²) in [7, 11) is -2.34. The predicted molar refractivity (Wildman–Crippen MR) is 101 cm³/mol. The SMILES string of the molecule is C/C(=N/NC(=O)c1ccc[nH]1)c1ccc(S(=O)(=O)N(C)CCCC(=O)[O-])cc1. The summed E-state index contributed by atoms with van der Waals surface area (Å²) in [5, 5.41) is 14.5. The molecule has 0 spiro atoms. The highest BCUT2D eigenvalue weighted by molar-refractivity contribution is 7.89. The highest BCUT2D eigenvalue weighted by Gasteiger charge is 2.20. The average molecular weight is 405 g/mol. The Labute approximate surface area is 163 Å². The second-order valence-electron chi connectivity index (χ2n) is 6.05. The maximum Gasteiger partial charge on any atom is 0.287 e. The molecule has 1 amide bonds. The Bertz CT molecular complexity index is 950. The summed E-state index contributed by atoms with van der Waals surface area (Å²) in [6.07, 6.45) is 1.59. The van der Waals surface area contributed by atoms with Crippen molar-refractivity contribution in [2.24, 2.45) is 5.10 Å². The quantitative estimate of drug-likeness (QED) is 0.458. The molecule has 0 fully saturated rings. The lowest BCUT2D eigenvalue weighted by Gasteiger charge is -2.17. The number of carbonyl (C=O) groups is 2. The molecular weight excluding hydrogens is 384 g/mol. The number of aliphatic carboxylic acids is 1. The first-order chi connectivity index (χ1) is 13.2. The van der Waals surface area contributed by atoms with Crippen LogP contribution in [0.1, 0.15) is 35.8 Å². The molecule has 0 unspecified atom stereocenters. The Morgan fingerprint density at radius 2 is 1.89 bits per heavy atom. The molecule has 10 heteroatoms. The Kier molecular flexibility index (Phi) is 7.07. The van der Waals surface area contributed by atoms with Crippen LogP contribution in [0.15, 0.2) is 52.6 Å². The third-order valence-electron chi connectivity index (χ3n) is 4.00. The molecule has 1 aromatic carbocycles. The van der Waals surface area contributed by atoms with E-state index in [0.29, 0.717) is 17.0 Å². The summed E-state index contributed by atoms with van der Waals surface area (Å²) in [5.41, 5.74) is 3.94. The van der Waals surface area contributed by atoms with Crippen LogP contribution in [0, 0.1) is 0 Å². The molecule has 2 N–H and O–H groups in total. The third-order valence-corrected chi connectivity index (χ3v) is 5.87. The van der Waals surface area contributed by atoms with E-state index in [2.05, 4.69) is 15.5 Å². The van der Waals surface area contributed by atoms with E-state index in [0.717, 1.165) is 4.31 Å². The molecule has 0 saturated heterocycles. The fourth-order valence-electron chi connectivity index (χ4n) is 2.35. The highest BCUT2D eigenvalue weighted by atomic mass is 32.2. The number of hydrogen-bond donors (Lipinski definition) is 2. The Morgan fingerprint density at radius 1 is 1.21 bits per heavy atom. The smallest absolute Gasteiger partial charge is 0.287 e. The van der Waals surface area contributed by atoms with Gasteiger partial charge in [0.05, 0.1) is 10.6 Å². The zero-order chi connectivity index (χ0) is 20.7. The number of hydrogen-bond acceptors (Lipinski definition) is 6. The molecule has 0 bridgehead atoms. The molecule has 1 heterocycles. The van der Waals surface area contributed by atoms with Crippen molar-refractivity contribution in [3.8, 4) is 0 Å². The van der Waals surface area contributed by atoms with E-state index in [-0.39, 0.29) is 30.2 Å². The normalized spacial score (nSPS) is 12.2. The Morgan fingerprint density at radius 3 is 2.46 bits per heavy atom. The van der Waals surface area contributed by atoms with E-state index >= 15 is 0 Å². The molecule has 0 atom stereocenters. The number of carbonyl (C=O) groups excluding carboxylic acids is 2. The molecule has 1 aromatic heterocycles. The summed E-state index contributed by atoms with van der Waals surface area (Å²) in [6, 6.07) is 9.35. The Hall–Kier alpha value is -2.98. The molecule has 0 aliphatic heterocycles. The molecule has 2 aromatic rings. The second-order valence-corrected chi connectivity index (χ2v) is 8.09. The van der Waals surface area contributed by atoms with Crippen LogP contribution in [0.5, 0.6) is 0 Å². The number of rotatable bonds is 9. The van der Waals surface area contributed by atoms with E-state index < -0.39 is 16.0 Å². The molecule has 150 valence electrons. The van der Waals surface area contributed by atoms with Crippen LogP contribution in [-0.2, 0) is 14.8 Å². The maximum absolute atomic E-state index is 12.5. The summed E-state index contributed by atoms with van der Waals surface area (Å²) in [6.45, 7) is 1.76. The second kappa shape index (κ2) is 9.29. The largest absolute Gasteiger partial charge is 0.550 e. The van der Waals surface area contributed by atoms with Crippen molar-refractivity contribution in [2.45, 2.75) is 24.7 Å². The first-order valence-electron chi connectivity index (χ1n) is 8.46. The number of amides is 1. The first-order valence-corrected chi connectivity index (χ1v) is 9.90. The van der Waals surface area contributed by atoms with E-state index in [1.807, 2.05) is 0 Å². The third kappa shape index (κ3) is 5.51. The summed E-state index contributed by atoms with van der Waals surface area (Å²) >= 11 is 0. The van der Waals surface area contributed by atoms with Gasteiger partial charge in [-0.05, 0) is 49.6 Å². The minimum absolute atomic E-state index is 0.0727. The number of sulfonamides is 1. The lowest BCUT2D eigenvalue weighted by Crippen LogP contribution is -2.30. The minimum Gasteiger partial charge on any atom is -0.550 e. The molecule has 28 heavy (non-hydrogen) atoms. The lowest BCUT2D eigenvalue weighted by atomic mass is 10.1. The summed E-state index contributed by atoms with van der Waals surface area (Å²) in [5.74, 6) is -1.60. The van der Waals surface area contributed by atoms with Gasteiger partial charge in [-0.15, -0.1) is 0 Å². The molecule has 0 aliphatic rings. The van der Waals surface area contributed by atoms with Gasteiger partial charge in [-0.3, -0.25) is 4.79 Å². The van der Waals surface area contributed by atoms with Crippen LogP contribution in [0.25, 0.3) is 0 Å². The zero-order valence-electron chi connectivity index (χ0n) is 15.5. The number of carboxylic acids is 1. The van der Waals surface area contributed by atoms with Gasteiger partial charge in [0, 0.05) is 25.8 Å². The predicted octanol–water partition coefficient (Wildman–Crippen LogP) is 0.319. The molecule has 0 radical (unpaired) electrons. The summed E-state index contributed by atoms with van der Waals surface area (Å²) < 4.78 is 26.1. The van der Waals surface area contributed by atoms with Gasteiger partial charge in [0.25, 0.3) is 5.91 Å². The Balaban J connectivity index is 2.04. The van der Waals surface area contributed by atoms with Crippen molar-refractivity contribution in [1.82, 2.24) is 14.7 Å². The molecule has 0 aliphatic carbocycles. The fourth-order valence-corrected chi connectivity index (χ4v) is 3.55. The molecule has 2 rings (SSSR count). The van der Waals surface area contributed by atoms with Gasteiger partial charge in [0.1, 0.15) is 5.69 Å². The first kappa shape index (κ1) is 21.3. The minimum atomic E-state index is -3.73. The van der Waals surface area contributed by atoms with E-state index in [1.165, 1.54) is 19.2 Å². The lowest BCUT2D eigenvalue weighted by molar-refractivity contribution is -0.305. The summed E-state index contributed by atoms with van der Waals surface area (Å²) in [4.78, 5) is 25.1. The number of carboxylic acid groups (broad SMARTS) is 1. The standard InChI is InChI=1S/C18H22N4O5S/c1-13(20-21-18(25)16-5-3-11-19-16)14-7-9-15(10-8-14)28(26,27)22(2)12-4-6-17(23)24/h3,5,7-11,19H,4,6,12H2,1-2H3,(H,21,25)(H,23,24)/p-1/b20-13-. The van der Waals surface area contributed by atoms with Crippen molar-refractivity contribution >= 4 is 27.6 Å². The van der Waals surface area contributed by atoms with Crippen molar-refractivity contribution in [3.05, 3.63) is 53.9 Å². The number of nitrogens with zero attached hydrogens (tertiary/aromatic N) is 2. The molecular formula is C18H21N4O5S-. The van der Waals surface area contributed by atoms with Crippen molar-refractivity contribution in [1.29, 1.82) is 0 Å². The number of hydrazone groups is 1. The maximum atomic E-state index is 12.5.